The quantitative estimate of drug-likeness (QED) is 0.772. The van der Waals surface area contributed by atoms with E-state index in [9.17, 15) is 4.79 Å². The first kappa shape index (κ1) is 11.9. The van der Waals surface area contributed by atoms with Gasteiger partial charge in [0.05, 0.1) is 6.10 Å². The van der Waals surface area contributed by atoms with Crippen molar-refractivity contribution >= 4 is 5.91 Å². The Kier molecular flexibility index (Phi) is 4.18. The number of carbonyl (C=O) groups excluding carboxylic acids is 1. The Morgan fingerprint density at radius 3 is 2.81 bits per heavy atom. The molecule has 2 saturated heterocycles. The van der Waals surface area contributed by atoms with Crippen LogP contribution < -0.4 is 0 Å². The Labute approximate surface area is 96.6 Å². The van der Waals surface area contributed by atoms with Gasteiger partial charge in [-0.1, -0.05) is 0 Å². The maximum atomic E-state index is 11.7. The number of hydrogen-bond acceptors (Lipinski definition) is 3. The van der Waals surface area contributed by atoms with Crippen LogP contribution >= 0.6 is 0 Å². The molecule has 4 heteroatoms. The molecule has 2 rings (SSSR count). The average Bonchev–Trinajstić information content (AvgIpc) is 2.26. The third-order valence-corrected chi connectivity index (χ3v) is 3.52. The van der Waals surface area contributed by atoms with Crippen molar-refractivity contribution in [3.63, 3.8) is 0 Å². The van der Waals surface area contributed by atoms with E-state index in [4.69, 9.17) is 9.84 Å². The molecule has 0 radical (unpaired) electrons. The summed E-state index contributed by atoms with van der Waals surface area (Å²) < 4.78 is 5.59. The van der Waals surface area contributed by atoms with Crippen LogP contribution in [0.3, 0.4) is 0 Å². The lowest BCUT2D eigenvalue weighted by molar-refractivity contribution is -0.139. The Balaban J connectivity index is 1.60. The molecule has 0 aliphatic carbocycles. The van der Waals surface area contributed by atoms with E-state index in [2.05, 4.69) is 0 Å². The summed E-state index contributed by atoms with van der Waals surface area (Å²) in [5.74, 6) is 0.536. The highest BCUT2D eigenvalue weighted by molar-refractivity contribution is 5.77. The highest BCUT2D eigenvalue weighted by Crippen LogP contribution is 2.20. The number of aliphatic hydroxyl groups excluding tert-OH is 1. The van der Waals surface area contributed by atoms with Crippen molar-refractivity contribution in [3.8, 4) is 0 Å². The summed E-state index contributed by atoms with van der Waals surface area (Å²) in [4.78, 5) is 13.6. The lowest BCUT2D eigenvalue weighted by Gasteiger charge is -2.38. The highest BCUT2D eigenvalue weighted by Gasteiger charge is 2.29. The second kappa shape index (κ2) is 5.64. The first-order valence-electron chi connectivity index (χ1n) is 6.30. The van der Waals surface area contributed by atoms with Crippen LogP contribution in [0.5, 0.6) is 0 Å². The molecule has 0 aromatic rings. The number of hydrogen-bond donors (Lipinski definition) is 1. The minimum atomic E-state index is 0.204. The van der Waals surface area contributed by atoms with Gasteiger partial charge in [-0.05, 0) is 25.7 Å². The number of carbonyl (C=O) groups is 1. The Morgan fingerprint density at radius 1 is 1.38 bits per heavy atom. The van der Waals surface area contributed by atoms with Gasteiger partial charge in [-0.25, -0.2) is 0 Å². The fourth-order valence-electron chi connectivity index (χ4n) is 2.37. The topological polar surface area (TPSA) is 49.8 Å². The summed E-state index contributed by atoms with van der Waals surface area (Å²) in [6.07, 6.45) is 5.26. The van der Waals surface area contributed by atoms with Gasteiger partial charge in [-0.3, -0.25) is 4.79 Å². The Morgan fingerprint density at radius 2 is 2.19 bits per heavy atom. The molecule has 2 aliphatic heterocycles. The van der Waals surface area contributed by atoms with E-state index >= 15 is 0 Å². The second-order valence-corrected chi connectivity index (χ2v) is 4.87. The van der Waals surface area contributed by atoms with Crippen molar-refractivity contribution in [2.24, 2.45) is 5.92 Å². The molecule has 2 fully saturated rings. The average molecular weight is 227 g/mol. The largest absolute Gasteiger partial charge is 0.396 e. The lowest BCUT2D eigenvalue weighted by atomic mass is 9.99. The fraction of sp³-hybridized carbons (Fsp3) is 0.917. The summed E-state index contributed by atoms with van der Waals surface area (Å²) >= 11 is 0. The zero-order valence-corrected chi connectivity index (χ0v) is 9.73. The van der Waals surface area contributed by atoms with Crippen LogP contribution in [0, 0.1) is 5.92 Å². The standard InChI is InChI=1S/C12H21NO3/c14-9-10-7-13(8-10)12(15)5-4-11-3-1-2-6-16-11/h10-11,14H,1-9H2. The minimum Gasteiger partial charge on any atom is -0.396 e. The van der Waals surface area contributed by atoms with Gasteiger partial charge in [0.25, 0.3) is 0 Å². The third kappa shape index (κ3) is 2.95. The predicted octanol–water partition coefficient (Wildman–Crippen LogP) is 0.786. The van der Waals surface area contributed by atoms with E-state index in [1.165, 1.54) is 6.42 Å². The summed E-state index contributed by atoms with van der Waals surface area (Å²) in [7, 11) is 0. The van der Waals surface area contributed by atoms with E-state index in [0.717, 1.165) is 39.0 Å². The smallest absolute Gasteiger partial charge is 0.222 e. The van der Waals surface area contributed by atoms with Crippen LogP contribution in [0.15, 0.2) is 0 Å². The SMILES string of the molecule is O=C(CCC1CCCCO1)N1CC(CO)C1. The predicted molar refractivity (Wildman–Crippen MR) is 60.0 cm³/mol. The molecular weight excluding hydrogens is 206 g/mol. The summed E-state index contributed by atoms with van der Waals surface area (Å²) in [6, 6.07) is 0. The fourth-order valence-corrected chi connectivity index (χ4v) is 2.37. The monoisotopic (exact) mass is 227 g/mol. The summed E-state index contributed by atoms with van der Waals surface area (Å²) in [6.45, 7) is 2.53. The zero-order chi connectivity index (χ0) is 11.4. The van der Waals surface area contributed by atoms with Gasteiger partial charge in [0.1, 0.15) is 0 Å². The van der Waals surface area contributed by atoms with Crippen LogP contribution in [0.2, 0.25) is 0 Å². The van der Waals surface area contributed by atoms with Gasteiger partial charge >= 0.3 is 0 Å². The van der Waals surface area contributed by atoms with Gasteiger partial charge in [0, 0.05) is 38.6 Å². The van der Waals surface area contributed by atoms with Gasteiger partial charge < -0.3 is 14.7 Å². The summed E-state index contributed by atoms with van der Waals surface area (Å²) in [5, 5.41) is 8.86. The van der Waals surface area contributed by atoms with Gasteiger partial charge in [0.2, 0.25) is 5.91 Å². The molecule has 0 bridgehead atoms. The molecule has 1 amide bonds. The molecular formula is C12H21NO3. The minimum absolute atomic E-state index is 0.204. The number of amides is 1. The molecule has 1 N–H and O–H groups in total. The maximum absolute atomic E-state index is 11.7. The van der Waals surface area contributed by atoms with Crippen molar-refractivity contribution in [1.29, 1.82) is 0 Å². The van der Waals surface area contributed by atoms with Crippen molar-refractivity contribution in [2.45, 2.75) is 38.2 Å². The van der Waals surface area contributed by atoms with Crippen molar-refractivity contribution in [2.75, 3.05) is 26.3 Å². The van der Waals surface area contributed by atoms with Crippen LogP contribution in [-0.2, 0) is 9.53 Å². The van der Waals surface area contributed by atoms with Crippen LogP contribution in [0.25, 0.3) is 0 Å². The maximum Gasteiger partial charge on any atom is 0.222 e. The van der Waals surface area contributed by atoms with Crippen molar-refractivity contribution in [3.05, 3.63) is 0 Å². The Bertz CT molecular complexity index is 232. The molecule has 1 atom stereocenters. The van der Waals surface area contributed by atoms with E-state index < -0.39 is 0 Å². The number of rotatable bonds is 4. The molecule has 2 heterocycles. The second-order valence-electron chi connectivity index (χ2n) is 4.87. The molecule has 0 spiro atoms. The third-order valence-electron chi connectivity index (χ3n) is 3.52. The van der Waals surface area contributed by atoms with E-state index in [1.807, 2.05) is 4.90 Å². The first-order chi connectivity index (χ1) is 7.79. The molecule has 0 aromatic carbocycles. The van der Waals surface area contributed by atoms with Crippen molar-refractivity contribution < 1.29 is 14.6 Å². The molecule has 0 saturated carbocycles. The number of nitrogens with zero attached hydrogens (tertiary/aromatic N) is 1. The van der Waals surface area contributed by atoms with Crippen LogP contribution in [0.1, 0.15) is 32.1 Å². The molecule has 1 unspecified atom stereocenters. The number of ether oxygens (including phenoxy) is 1. The lowest BCUT2D eigenvalue weighted by Crippen LogP contribution is -2.51. The van der Waals surface area contributed by atoms with Crippen LogP contribution in [0.4, 0.5) is 0 Å². The molecule has 16 heavy (non-hydrogen) atoms. The van der Waals surface area contributed by atoms with Gasteiger partial charge in [-0.15, -0.1) is 0 Å². The number of aliphatic hydroxyl groups is 1. The van der Waals surface area contributed by atoms with E-state index in [1.54, 1.807) is 0 Å². The molecule has 4 nitrogen and oxygen atoms in total. The molecule has 92 valence electrons. The Hall–Kier alpha value is -0.610. The summed E-state index contributed by atoms with van der Waals surface area (Å²) in [5.41, 5.74) is 0. The van der Waals surface area contributed by atoms with E-state index in [-0.39, 0.29) is 12.5 Å². The van der Waals surface area contributed by atoms with Gasteiger partial charge in [-0.2, -0.15) is 0 Å². The molecule has 2 aliphatic rings. The van der Waals surface area contributed by atoms with Gasteiger partial charge in [0.15, 0.2) is 0 Å². The zero-order valence-electron chi connectivity index (χ0n) is 9.73. The van der Waals surface area contributed by atoms with Crippen LogP contribution in [-0.4, -0.2) is 48.3 Å². The normalized spacial score (nSPS) is 26.6. The molecule has 0 aromatic heterocycles. The first-order valence-corrected chi connectivity index (χ1v) is 6.30. The van der Waals surface area contributed by atoms with Crippen molar-refractivity contribution in [1.82, 2.24) is 4.90 Å². The number of likely N-dealkylation sites (tertiary alicyclic amines) is 1. The highest BCUT2D eigenvalue weighted by atomic mass is 16.5. The van der Waals surface area contributed by atoms with E-state index in [0.29, 0.717) is 18.4 Å².